The number of rotatable bonds is 5. The molecule has 0 bridgehead atoms. The number of aryl methyl sites for hydroxylation is 4. The maximum absolute atomic E-state index is 12.4. The molecule has 4 nitrogen and oxygen atoms in total. The first-order chi connectivity index (χ1) is 12.2. The van der Waals surface area contributed by atoms with Crippen LogP contribution in [0.4, 0.5) is 11.4 Å². The van der Waals surface area contributed by atoms with Gasteiger partial charge in [-0.25, -0.2) is 0 Å². The molecule has 0 spiro atoms. The average molecular weight is 352 g/mol. The van der Waals surface area contributed by atoms with Crippen LogP contribution < -0.4 is 10.2 Å². The van der Waals surface area contributed by atoms with E-state index < -0.39 is 0 Å². The monoisotopic (exact) mass is 352 g/mol. The molecule has 0 unspecified atom stereocenters. The summed E-state index contributed by atoms with van der Waals surface area (Å²) in [7, 11) is 0. The van der Waals surface area contributed by atoms with Gasteiger partial charge in [-0.15, -0.1) is 0 Å². The van der Waals surface area contributed by atoms with Crippen molar-refractivity contribution in [1.29, 1.82) is 0 Å². The van der Waals surface area contributed by atoms with Gasteiger partial charge in [-0.05, 0) is 62.9 Å². The van der Waals surface area contributed by atoms with Crippen LogP contribution in [0.3, 0.4) is 0 Å². The second-order valence-corrected chi connectivity index (χ2v) is 6.96. The van der Waals surface area contributed by atoms with Crippen LogP contribution in [0.1, 0.15) is 41.2 Å². The first-order valence-electron chi connectivity index (χ1n) is 8.92. The van der Waals surface area contributed by atoms with Crippen LogP contribution in [0.2, 0.25) is 0 Å². The summed E-state index contributed by atoms with van der Waals surface area (Å²) in [4.78, 5) is 26.3. The van der Waals surface area contributed by atoms with Crippen molar-refractivity contribution in [2.75, 3.05) is 16.8 Å². The third-order valence-electron chi connectivity index (χ3n) is 4.73. The molecule has 0 aliphatic heterocycles. The molecule has 26 heavy (non-hydrogen) atoms. The lowest BCUT2D eigenvalue weighted by Gasteiger charge is -2.25. The Hall–Kier alpha value is -2.62. The van der Waals surface area contributed by atoms with Crippen molar-refractivity contribution in [2.45, 2.75) is 48.0 Å². The van der Waals surface area contributed by atoms with Gasteiger partial charge in [0.1, 0.15) is 0 Å². The zero-order chi connectivity index (χ0) is 19.4. The van der Waals surface area contributed by atoms with Gasteiger partial charge in [-0.1, -0.05) is 29.8 Å². The average Bonchev–Trinajstić information content (AvgIpc) is 2.53. The minimum absolute atomic E-state index is 0.0559. The fourth-order valence-electron chi connectivity index (χ4n) is 3.34. The fourth-order valence-corrected chi connectivity index (χ4v) is 3.34. The number of carbonyl (C=O) groups excluding carboxylic acids is 2. The lowest BCUT2D eigenvalue weighted by molar-refractivity contribution is -0.117. The van der Waals surface area contributed by atoms with Gasteiger partial charge in [-0.3, -0.25) is 9.59 Å². The Bertz CT molecular complexity index is 817. The summed E-state index contributed by atoms with van der Waals surface area (Å²) in [6.07, 6.45) is 0.250. The van der Waals surface area contributed by atoms with Crippen molar-refractivity contribution in [1.82, 2.24) is 0 Å². The SMILES string of the molecule is CC(=O)N(CCC(=O)Nc1cccc(C)c1C)c1c(C)cc(C)cc1C. The van der Waals surface area contributed by atoms with Crippen LogP contribution in [0.25, 0.3) is 0 Å². The van der Waals surface area contributed by atoms with Crippen molar-refractivity contribution in [2.24, 2.45) is 0 Å². The van der Waals surface area contributed by atoms with Gasteiger partial charge in [-0.2, -0.15) is 0 Å². The predicted molar refractivity (Wildman–Crippen MR) is 108 cm³/mol. The van der Waals surface area contributed by atoms with Gasteiger partial charge in [0, 0.05) is 31.3 Å². The Labute approximate surface area is 156 Å². The number of nitrogens with one attached hydrogen (secondary N) is 1. The maximum atomic E-state index is 12.4. The number of anilines is 2. The van der Waals surface area contributed by atoms with Gasteiger partial charge in [0.25, 0.3) is 0 Å². The Morgan fingerprint density at radius 3 is 2.15 bits per heavy atom. The molecule has 0 aromatic heterocycles. The summed E-state index contributed by atoms with van der Waals surface area (Å²) in [5, 5.41) is 2.96. The lowest BCUT2D eigenvalue weighted by Crippen LogP contribution is -2.33. The molecule has 0 saturated carbocycles. The van der Waals surface area contributed by atoms with E-state index in [1.54, 1.807) is 11.8 Å². The minimum Gasteiger partial charge on any atom is -0.326 e. The van der Waals surface area contributed by atoms with E-state index in [1.165, 1.54) is 5.56 Å². The summed E-state index contributed by atoms with van der Waals surface area (Å²) in [6.45, 7) is 12.0. The molecule has 0 fully saturated rings. The summed E-state index contributed by atoms with van der Waals surface area (Å²) >= 11 is 0. The number of hydrogen-bond donors (Lipinski definition) is 1. The van der Waals surface area contributed by atoms with Gasteiger partial charge in [0.2, 0.25) is 11.8 Å². The third-order valence-corrected chi connectivity index (χ3v) is 4.73. The first kappa shape index (κ1) is 19.7. The van der Waals surface area contributed by atoms with Crippen LogP contribution in [-0.4, -0.2) is 18.4 Å². The highest BCUT2D eigenvalue weighted by atomic mass is 16.2. The van der Waals surface area contributed by atoms with Crippen molar-refractivity contribution in [3.05, 3.63) is 58.1 Å². The second-order valence-electron chi connectivity index (χ2n) is 6.96. The molecule has 0 atom stereocenters. The molecule has 2 aromatic carbocycles. The molecule has 0 aliphatic rings. The van der Waals surface area contributed by atoms with Crippen LogP contribution in [0.15, 0.2) is 30.3 Å². The molecule has 2 rings (SSSR count). The molecule has 0 heterocycles. The number of benzene rings is 2. The van der Waals surface area contributed by atoms with Crippen LogP contribution in [-0.2, 0) is 9.59 Å². The van der Waals surface area contributed by atoms with E-state index in [0.29, 0.717) is 6.54 Å². The highest BCUT2D eigenvalue weighted by Gasteiger charge is 2.18. The van der Waals surface area contributed by atoms with E-state index in [9.17, 15) is 9.59 Å². The van der Waals surface area contributed by atoms with Gasteiger partial charge in [0.15, 0.2) is 0 Å². The van der Waals surface area contributed by atoms with E-state index >= 15 is 0 Å². The number of carbonyl (C=O) groups is 2. The summed E-state index contributed by atoms with van der Waals surface area (Å²) in [5.41, 5.74) is 7.20. The van der Waals surface area contributed by atoms with Crippen molar-refractivity contribution in [3.8, 4) is 0 Å². The van der Waals surface area contributed by atoms with Gasteiger partial charge in [0.05, 0.1) is 0 Å². The minimum atomic E-state index is -0.0904. The lowest BCUT2D eigenvalue weighted by atomic mass is 10.0. The van der Waals surface area contributed by atoms with E-state index in [-0.39, 0.29) is 18.2 Å². The van der Waals surface area contributed by atoms with Gasteiger partial charge < -0.3 is 10.2 Å². The molecule has 1 N–H and O–H groups in total. The molecule has 138 valence electrons. The largest absolute Gasteiger partial charge is 0.326 e. The van der Waals surface area contributed by atoms with Crippen LogP contribution in [0, 0.1) is 34.6 Å². The van der Waals surface area contributed by atoms with Crippen LogP contribution in [0.5, 0.6) is 0 Å². The smallest absolute Gasteiger partial charge is 0.226 e. The number of nitrogens with zero attached hydrogens (tertiary/aromatic N) is 1. The number of amides is 2. The maximum Gasteiger partial charge on any atom is 0.226 e. The van der Waals surface area contributed by atoms with E-state index in [0.717, 1.165) is 33.6 Å². The zero-order valence-electron chi connectivity index (χ0n) is 16.6. The van der Waals surface area contributed by atoms with Crippen molar-refractivity contribution in [3.63, 3.8) is 0 Å². The molecule has 2 amide bonds. The molecule has 0 saturated heterocycles. The zero-order valence-corrected chi connectivity index (χ0v) is 16.6. The summed E-state index contributed by atoms with van der Waals surface area (Å²) in [5.74, 6) is -0.146. The normalized spacial score (nSPS) is 10.5. The van der Waals surface area contributed by atoms with Gasteiger partial charge >= 0.3 is 0 Å². The van der Waals surface area contributed by atoms with Crippen LogP contribution >= 0.6 is 0 Å². The predicted octanol–water partition coefficient (Wildman–Crippen LogP) is 4.61. The second kappa shape index (κ2) is 8.17. The molecular weight excluding hydrogens is 324 g/mol. The number of hydrogen-bond acceptors (Lipinski definition) is 2. The van der Waals surface area contributed by atoms with Crippen molar-refractivity contribution >= 4 is 23.2 Å². The Morgan fingerprint density at radius 1 is 0.962 bits per heavy atom. The van der Waals surface area contributed by atoms with E-state index in [1.807, 2.05) is 52.8 Å². The van der Waals surface area contributed by atoms with Crippen molar-refractivity contribution < 1.29 is 9.59 Å². The Balaban J connectivity index is 2.13. The highest BCUT2D eigenvalue weighted by molar-refractivity contribution is 5.96. The fraction of sp³-hybridized carbons (Fsp3) is 0.364. The molecular formula is C22H28N2O2. The molecule has 0 radical (unpaired) electrons. The Morgan fingerprint density at radius 2 is 1.58 bits per heavy atom. The van der Waals surface area contributed by atoms with E-state index in [2.05, 4.69) is 17.4 Å². The molecule has 2 aromatic rings. The molecule has 4 heteroatoms. The Kier molecular flexibility index (Phi) is 6.19. The quantitative estimate of drug-likeness (QED) is 0.854. The molecule has 0 aliphatic carbocycles. The standard InChI is InChI=1S/C22H28N2O2/c1-14-12-16(3)22(17(4)13-14)24(19(6)25)11-10-21(26)23-20-9-7-8-15(2)18(20)5/h7-9,12-13H,10-11H2,1-6H3,(H,23,26). The first-order valence-corrected chi connectivity index (χ1v) is 8.92. The van der Waals surface area contributed by atoms with E-state index in [4.69, 9.17) is 0 Å². The summed E-state index contributed by atoms with van der Waals surface area (Å²) in [6, 6.07) is 9.98. The topological polar surface area (TPSA) is 49.4 Å². The highest BCUT2D eigenvalue weighted by Crippen LogP contribution is 2.27. The summed E-state index contributed by atoms with van der Waals surface area (Å²) < 4.78 is 0. The third kappa shape index (κ3) is 4.51.